The summed E-state index contributed by atoms with van der Waals surface area (Å²) < 4.78 is 43.7. The van der Waals surface area contributed by atoms with E-state index in [1.807, 2.05) is 0 Å². The number of amides is 2. The van der Waals surface area contributed by atoms with Crippen LogP contribution < -0.4 is 15.5 Å². The minimum absolute atomic E-state index is 0.00856. The summed E-state index contributed by atoms with van der Waals surface area (Å²) in [5.41, 5.74) is -1.76. The Bertz CT molecular complexity index is 1400. The van der Waals surface area contributed by atoms with Crippen LogP contribution in [0.4, 0.5) is 35.0 Å². The molecule has 1 aliphatic rings. The molecular formula is C19H16ClF3N10O. The fraction of sp³-hybridized carbons (Fsp3) is 0.263. The van der Waals surface area contributed by atoms with Crippen molar-refractivity contribution in [3.63, 3.8) is 0 Å². The number of halogens is 4. The molecular weight excluding hydrogens is 477 g/mol. The van der Waals surface area contributed by atoms with E-state index >= 15 is 0 Å². The molecule has 0 radical (unpaired) electrons. The van der Waals surface area contributed by atoms with Crippen molar-refractivity contribution in [3.05, 3.63) is 47.8 Å². The second-order valence-electron chi connectivity index (χ2n) is 7.74. The minimum Gasteiger partial charge on any atom is -0.385 e. The number of urea groups is 1. The van der Waals surface area contributed by atoms with Gasteiger partial charge in [0.2, 0.25) is 0 Å². The van der Waals surface area contributed by atoms with Gasteiger partial charge in [0.15, 0.2) is 16.6 Å². The molecule has 5 heterocycles. The molecule has 2 amide bonds. The summed E-state index contributed by atoms with van der Waals surface area (Å²) in [5, 5.41) is 17.5. The predicted octanol–water partition coefficient (Wildman–Crippen LogP) is 3.27. The molecule has 5 rings (SSSR count). The zero-order valence-electron chi connectivity index (χ0n) is 17.7. The molecule has 15 heteroatoms. The van der Waals surface area contributed by atoms with Crippen LogP contribution >= 0.6 is 11.6 Å². The Balaban J connectivity index is 1.52. The first-order chi connectivity index (χ1) is 16.1. The largest absolute Gasteiger partial charge is 0.401 e. The van der Waals surface area contributed by atoms with Crippen LogP contribution in [0.5, 0.6) is 0 Å². The second kappa shape index (κ2) is 7.55. The third-order valence-electron chi connectivity index (χ3n) is 5.59. The summed E-state index contributed by atoms with van der Waals surface area (Å²) in [6.45, 7) is 0.345. The van der Waals surface area contributed by atoms with Crippen LogP contribution in [0.2, 0.25) is 5.15 Å². The lowest BCUT2D eigenvalue weighted by atomic mass is 9.88. The molecule has 4 aromatic heterocycles. The van der Waals surface area contributed by atoms with E-state index in [-0.39, 0.29) is 27.9 Å². The molecule has 0 spiro atoms. The van der Waals surface area contributed by atoms with Gasteiger partial charge < -0.3 is 10.6 Å². The number of anilines is 3. The lowest BCUT2D eigenvalue weighted by Gasteiger charge is -2.28. The topological polar surface area (TPSA) is 118 Å². The zero-order valence-corrected chi connectivity index (χ0v) is 18.4. The summed E-state index contributed by atoms with van der Waals surface area (Å²) in [4.78, 5) is 23.8. The van der Waals surface area contributed by atoms with Gasteiger partial charge in [0, 0.05) is 19.7 Å². The molecule has 34 heavy (non-hydrogen) atoms. The molecule has 176 valence electrons. The van der Waals surface area contributed by atoms with Crippen LogP contribution in [0, 0.1) is 0 Å². The molecule has 0 bridgehead atoms. The number of nitrogens with one attached hydrogen (secondary N) is 2. The molecule has 1 aliphatic heterocycles. The summed E-state index contributed by atoms with van der Waals surface area (Å²) >= 11 is 5.91. The smallest absolute Gasteiger partial charge is 0.385 e. The molecule has 1 atom stereocenters. The quantitative estimate of drug-likeness (QED) is 0.450. The van der Waals surface area contributed by atoms with Crippen LogP contribution in [-0.4, -0.2) is 60.4 Å². The predicted molar refractivity (Wildman–Crippen MR) is 116 cm³/mol. The van der Waals surface area contributed by atoms with Crippen molar-refractivity contribution in [2.45, 2.75) is 18.5 Å². The first-order valence-corrected chi connectivity index (χ1v) is 10.2. The molecule has 0 aromatic carbocycles. The highest BCUT2D eigenvalue weighted by Gasteiger charge is 2.60. The third-order valence-corrected chi connectivity index (χ3v) is 5.77. The fourth-order valence-corrected chi connectivity index (χ4v) is 4.05. The van der Waals surface area contributed by atoms with Gasteiger partial charge in [-0.3, -0.25) is 4.90 Å². The van der Waals surface area contributed by atoms with Crippen LogP contribution in [0.15, 0.2) is 36.9 Å². The van der Waals surface area contributed by atoms with Gasteiger partial charge in [-0.15, -0.1) is 4.80 Å². The lowest BCUT2D eigenvalue weighted by molar-refractivity contribution is -0.181. The van der Waals surface area contributed by atoms with Gasteiger partial charge in [-0.2, -0.15) is 28.5 Å². The Morgan fingerprint density at radius 3 is 2.59 bits per heavy atom. The molecule has 0 unspecified atom stereocenters. The molecule has 0 saturated heterocycles. The van der Waals surface area contributed by atoms with Crippen molar-refractivity contribution in [1.82, 2.24) is 34.6 Å². The van der Waals surface area contributed by atoms with Crippen LogP contribution in [0.25, 0.3) is 11.5 Å². The Morgan fingerprint density at radius 1 is 1.18 bits per heavy atom. The van der Waals surface area contributed by atoms with Crippen LogP contribution in [-0.2, 0) is 5.41 Å². The van der Waals surface area contributed by atoms with Gasteiger partial charge in [0.25, 0.3) is 0 Å². The molecule has 0 aliphatic carbocycles. The van der Waals surface area contributed by atoms with E-state index in [9.17, 15) is 18.0 Å². The van der Waals surface area contributed by atoms with Crippen LogP contribution in [0.3, 0.4) is 0 Å². The van der Waals surface area contributed by atoms with Crippen molar-refractivity contribution in [2.24, 2.45) is 0 Å². The second-order valence-corrected chi connectivity index (χ2v) is 8.13. The highest BCUT2D eigenvalue weighted by molar-refractivity contribution is 6.29. The van der Waals surface area contributed by atoms with Crippen molar-refractivity contribution < 1.29 is 18.0 Å². The van der Waals surface area contributed by atoms with Gasteiger partial charge in [0.1, 0.15) is 5.41 Å². The summed E-state index contributed by atoms with van der Waals surface area (Å²) in [5.74, 6) is 0.379. The lowest BCUT2D eigenvalue weighted by Crippen LogP contribution is -2.46. The monoisotopic (exact) mass is 492 g/mol. The van der Waals surface area contributed by atoms with Crippen molar-refractivity contribution in [1.29, 1.82) is 0 Å². The zero-order chi connectivity index (χ0) is 24.3. The first kappa shape index (κ1) is 21.9. The number of carbonyl (C=O) groups is 1. The van der Waals surface area contributed by atoms with Gasteiger partial charge in [0.05, 0.1) is 47.5 Å². The SMILES string of the molecule is CNc1cc(NC(=O)N2C[C@@](C)(C(F)(F)F)c3c2cnc2cc(Cl)nn32)cnc1-n1nccn1. The summed E-state index contributed by atoms with van der Waals surface area (Å²) in [6.07, 6.45) is 0.853. The number of fused-ring (bicyclic) bond motifs is 3. The molecule has 0 saturated carbocycles. The van der Waals surface area contributed by atoms with E-state index in [0.717, 1.165) is 16.3 Å². The average Bonchev–Trinajstić information content (AvgIpc) is 3.50. The maximum absolute atomic E-state index is 14.2. The maximum Gasteiger partial charge on any atom is 0.401 e. The number of aromatic nitrogens is 7. The van der Waals surface area contributed by atoms with E-state index in [1.54, 1.807) is 13.1 Å². The fourth-order valence-electron chi connectivity index (χ4n) is 3.88. The Labute approximate surface area is 194 Å². The number of hydrogen-bond acceptors (Lipinski definition) is 7. The minimum atomic E-state index is -4.68. The van der Waals surface area contributed by atoms with Gasteiger partial charge in [-0.05, 0) is 13.0 Å². The third kappa shape index (κ3) is 3.29. The van der Waals surface area contributed by atoms with Crippen molar-refractivity contribution in [3.8, 4) is 5.82 Å². The van der Waals surface area contributed by atoms with E-state index in [1.165, 1.54) is 35.7 Å². The number of rotatable bonds is 3. The number of nitrogens with zero attached hydrogens (tertiary/aromatic N) is 8. The van der Waals surface area contributed by atoms with E-state index in [4.69, 9.17) is 11.6 Å². The van der Waals surface area contributed by atoms with E-state index < -0.39 is 24.2 Å². The molecule has 11 nitrogen and oxygen atoms in total. The molecule has 4 aromatic rings. The first-order valence-electron chi connectivity index (χ1n) is 9.87. The van der Waals surface area contributed by atoms with Crippen molar-refractivity contribution >= 4 is 40.3 Å². The number of hydrogen-bond donors (Lipinski definition) is 2. The van der Waals surface area contributed by atoms with Crippen molar-refractivity contribution in [2.75, 3.05) is 29.1 Å². The van der Waals surface area contributed by atoms with Gasteiger partial charge in [-0.25, -0.2) is 19.3 Å². The summed E-state index contributed by atoms with van der Waals surface area (Å²) in [7, 11) is 1.65. The standard InChI is InChI=1S/C19H16ClF3N10O/c1-18(19(21,22)23)9-31(12-8-25-14-6-13(20)30-32(14)15(12)18)17(34)29-10-5-11(24-2)16(26-7-10)33-27-3-4-28-33/h3-8,24H,9H2,1-2H3,(H,29,34)/t18-/m1/s1. The van der Waals surface area contributed by atoms with Gasteiger partial charge >= 0.3 is 12.2 Å². The normalized spacial score (nSPS) is 17.8. The molecule has 2 N–H and O–H groups in total. The Hall–Kier alpha value is -3.94. The number of pyridine rings is 1. The highest BCUT2D eigenvalue weighted by atomic mass is 35.5. The summed E-state index contributed by atoms with van der Waals surface area (Å²) in [6, 6.07) is 2.13. The number of carbonyl (C=O) groups excluding carboxylic acids is 1. The number of alkyl halides is 3. The van der Waals surface area contributed by atoms with E-state index in [2.05, 4.69) is 35.9 Å². The maximum atomic E-state index is 14.2. The Morgan fingerprint density at radius 2 is 1.91 bits per heavy atom. The Kier molecular flexibility index (Phi) is 4.86. The van der Waals surface area contributed by atoms with Gasteiger partial charge in [-0.1, -0.05) is 11.6 Å². The van der Waals surface area contributed by atoms with E-state index in [0.29, 0.717) is 11.5 Å². The highest BCUT2D eigenvalue weighted by Crippen LogP contribution is 2.50. The average molecular weight is 493 g/mol. The van der Waals surface area contributed by atoms with Crippen LogP contribution in [0.1, 0.15) is 12.6 Å². The molecule has 0 fully saturated rings.